The van der Waals surface area contributed by atoms with E-state index in [2.05, 4.69) is 20.8 Å². The van der Waals surface area contributed by atoms with Gasteiger partial charge in [0.05, 0.1) is 13.2 Å². The molecule has 0 bridgehead atoms. The molecular weight excluding hydrogens is 348 g/mol. The van der Waals surface area contributed by atoms with E-state index in [1.165, 1.54) is 24.5 Å². The van der Waals surface area contributed by atoms with Crippen molar-refractivity contribution in [3.63, 3.8) is 0 Å². The van der Waals surface area contributed by atoms with Crippen molar-refractivity contribution in [3.05, 3.63) is 39.8 Å². The topological polar surface area (TPSA) is 67.5 Å². The Balaban J connectivity index is 1.95. The van der Waals surface area contributed by atoms with Crippen molar-refractivity contribution >= 4 is 17.6 Å². The van der Waals surface area contributed by atoms with Gasteiger partial charge >= 0.3 is 6.61 Å². The number of halogens is 2. The zero-order chi connectivity index (χ0) is 18.2. The fourth-order valence-corrected chi connectivity index (χ4v) is 2.90. The van der Waals surface area contributed by atoms with E-state index in [1.807, 2.05) is 12.3 Å². The molecule has 0 amide bonds. The highest BCUT2D eigenvalue weighted by atomic mass is 32.1. The minimum atomic E-state index is -2.90. The number of alkyl halides is 2. The van der Waals surface area contributed by atoms with Gasteiger partial charge in [0.2, 0.25) is 0 Å². The van der Waals surface area contributed by atoms with Gasteiger partial charge in [0.15, 0.2) is 11.5 Å². The van der Waals surface area contributed by atoms with E-state index < -0.39 is 12.5 Å². The molecule has 0 radical (unpaired) electrons. The minimum Gasteiger partial charge on any atom is -0.493 e. The molecule has 2 aromatic rings. The predicted octanol–water partition coefficient (Wildman–Crippen LogP) is 3.98. The van der Waals surface area contributed by atoms with Gasteiger partial charge in [0, 0.05) is 23.8 Å². The van der Waals surface area contributed by atoms with Crippen LogP contribution < -0.4 is 9.47 Å². The standard InChI is InChI=1S/C17H17F2N3O2S/c1-11-10-25-16(22-11)13(8-20)9-21-6-5-12-3-4-14(24-17(18)19)15(7-12)23-2/h3-4,7,9-10,13,17H,5-6H2,1-2H3/t13-/m1/s1. The molecule has 0 aliphatic carbocycles. The summed E-state index contributed by atoms with van der Waals surface area (Å²) < 4.78 is 34.1. The highest BCUT2D eigenvalue weighted by Crippen LogP contribution is 2.29. The van der Waals surface area contributed by atoms with Gasteiger partial charge in [-0.15, -0.1) is 11.3 Å². The second-order valence-electron chi connectivity index (χ2n) is 5.10. The van der Waals surface area contributed by atoms with Gasteiger partial charge in [0.1, 0.15) is 10.9 Å². The van der Waals surface area contributed by atoms with Crippen molar-refractivity contribution in [1.29, 1.82) is 5.26 Å². The van der Waals surface area contributed by atoms with E-state index in [1.54, 1.807) is 18.3 Å². The molecule has 1 aromatic carbocycles. The molecule has 5 nitrogen and oxygen atoms in total. The first-order valence-corrected chi connectivity index (χ1v) is 8.34. The van der Waals surface area contributed by atoms with Gasteiger partial charge in [-0.3, -0.25) is 4.99 Å². The third-order valence-corrected chi connectivity index (χ3v) is 4.32. The lowest BCUT2D eigenvalue weighted by atomic mass is 10.1. The minimum absolute atomic E-state index is 0.00608. The van der Waals surface area contributed by atoms with Crippen LogP contribution in [0.5, 0.6) is 11.5 Å². The van der Waals surface area contributed by atoms with Crippen LogP contribution in [0.4, 0.5) is 8.78 Å². The number of aliphatic imine (C=N–C) groups is 1. The lowest BCUT2D eigenvalue weighted by Crippen LogP contribution is -2.04. The van der Waals surface area contributed by atoms with Crippen LogP contribution in [0.15, 0.2) is 28.6 Å². The van der Waals surface area contributed by atoms with E-state index in [9.17, 15) is 14.0 Å². The van der Waals surface area contributed by atoms with Crippen LogP contribution in [0, 0.1) is 18.3 Å². The number of aromatic nitrogens is 1. The van der Waals surface area contributed by atoms with Gasteiger partial charge in [-0.05, 0) is 31.0 Å². The van der Waals surface area contributed by atoms with Crippen LogP contribution >= 0.6 is 11.3 Å². The first-order valence-electron chi connectivity index (χ1n) is 7.46. The summed E-state index contributed by atoms with van der Waals surface area (Å²) in [6.07, 6.45) is 2.17. The van der Waals surface area contributed by atoms with E-state index in [-0.39, 0.29) is 11.5 Å². The smallest absolute Gasteiger partial charge is 0.387 e. The Labute approximate surface area is 148 Å². The Morgan fingerprint density at radius 3 is 2.80 bits per heavy atom. The molecular formula is C17H17F2N3O2S. The Morgan fingerprint density at radius 1 is 1.40 bits per heavy atom. The Hall–Kier alpha value is -2.53. The van der Waals surface area contributed by atoms with Crippen molar-refractivity contribution < 1.29 is 18.3 Å². The van der Waals surface area contributed by atoms with E-state index in [0.29, 0.717) is 13.0 Å². The summed E-state index contributed by atoms with van der Waals surface area (Å²) in [5.41, 5.74) is 1.75. The summed E-state index contributed by atoms with van der Waals surface area (Å²) in [4.78, 5) is 8.56. The molecule has 0 N–H and O–H groups in total. The Morgan fingerprint density at radius 2 is 2.20 bits per heavy atom. The normalized spacial score (nSPS) is 12.3. The van der Waals surface area contributed by atoms with Gasteiger partial charge in [0.25, 0.3) is 0 Å². The van der Waals surface area contributed by atoms with Crippen LogP contribution in [0.3, 0.4) is 0 Å². The van der Waals surface area contributed by atoms with Gasteiger partial charge in [-0.2, -0.15) is 14.0 Å². The average Bonchev–Trinajstić information content (AvgIpc) is 3.01. The summed E-state index contributed by atoms with van der Waals surface area (Å²) in [5, 5.41) is 11.8. The Bertz CT molecular complexity index is 771. The number of benzene rings is 1. The highest BCUT2D eigenvalue weighted by molar-refractivity contribution is 7.09. The second kappa shape index (κ2) is 9.08. The molecule has 25 heavy (non-hydrogen) atoms. The quantitative estimate of drug-likeness (QED) is 0.664. The van der Waals surface area contributed by atoms with Crippen LogP contribution in [0.25, 0.3) is 0 Å². The maximum absolute atomic E-state index is 12.3. The molecule has 2 rings (SSSR count). The first kappa shape index (κ1) is 18.8. The van der Waals surface area contributed by atoms with Crippen LogP contribution in [-0.4, -0.2) is 31.5 Å². The molecule has 0 fully saturated rings. The number of hydrogen-bond donors (Lipinski definition) is 0. The number of hydrogen-bond acceptors (Lipinski definition) is 6. The van der Waals surface area contributed by atoms with E-state index >= 15 is 0 Å². The van der Waals surface area contributed by atoms with E-state index in [0.717, 1.165) is 16.3 Å². The molecule has 1 heterocycles. The number of methoxy groups -OCH3 is 1. The Kier molecular flexibility index (Phi) is 6.83. The third-order valence-electron chi connectivity index (χ3n) is 3.27. The summed E-state index contributed by atoms with van der Waals surface area (Å²) in [6, 6.07) is 6.93. The lowest BCUT2D eigenvalue weighted by Gasteiger charge is -2.11. The summed E-state index contributed by atoms with van der Waals surface area (Å²) in [7, 11) is 1.39. The van der Waals surface area contributed by atoms with Crippen LogP contribution in [0.1, 0.15) is 22.2 Å². The molecule has 1 atom stereocenters. The summed E-state index contributed by atoms with van der Waals surface area (Å²) >= 11 is 1.43. The molecule has 132 valence electrons. The molecule has 0 aliphatic heterocycles. The van der Waals surface area contributed by atoms with Crippen LogP contribution in [0.2, 0.25) is 0 Å². The number of nitriles is 1. The fraction of sp³-hybridized carbons (Fsp3) is 0.353. The van der Waals surface area contributed by atoms with Crippen LogP contribution in [-0.2, 0) is 6.42 Å². The average molecular weight is 365 g/mol. The maximum atomic E-state index is 12.3. The van der Waals surface area contributed by atoms with Crippen molar-refractivity contribution in [2.24, 2.45) is 4.99 Å². The van der Waals surface area contributed by atoms with Gasteiger partial charge in [-0.1, -0.05) is 6.07 Å². The summed E-state index contributed by atoms with van der Waals surface area (Å²) in [6.45, 7) is -0.567. The van der Waals surface area contributed by atoms with Gasteiger partial charge < -0.3 is 9.47 Å². The molecule has 0 spiro atoms. The monoisotopic (exact) mass is 365 g/mol. The molecule has 0 saturated carbocycles. The number of ether oxygens (including phenoxy) is 2. The SMILES string of the molecule is COc1cc(CCN=C[C@@H](C#N)c2nc(C)cs2)ccc1OC(F)F. The number of thiazole rings is 1. The van der Waals surface area contributed by atoms with Crippen molar-refractivity contribution in [3.8, 4) is 17.6 Å². The molecule has 8 heteroatoms. The van der Waals surface area contributed by atoms with Crippen molar-refractivity contribution in [2.75, 3.05) is 13.7 Å². The summed E-state index contributed by atoms with van der Waals surface area (Å²) in [5.74, 6) is -0.224. The molecule has 1 aromatic heterocycles. The van der Waals surface area contributed by atoms with Crippen molar-refractivity contribution in [2.45, 2.75) is 25.9 Å². The van der Waals surface area contributed by atoms with E-state index in [4.69, 9.17) is 4.74 Å². The number of aryl methyl sites for hydroxylation is 1. The molecule has 0 saturated heterocycles. The predicted molar refractivity (Wildman–Crippen MR) is 91.9 cm³/mol. The molecule has 0 aliphatic rings. The number of rotatable bonds is 8. The fourth-order valence-electron chi connectivity index (χ4n) is 2.10. The first-order chi connectivity index (χ1) is 12.0. The zero-order valence-electron chi connectivity index (χ0n) is 13.8. The zero-order valence-corrected chi connectivity index (χ0v) is 14.6. The number of nitrogens with zero attached hydrogens (tertiary/aromatic N) is 3. The molecule has 0 unspecified atom stereocenters. The third kappa shape index (κ3) is 5.50. The largest absolute Gasteiger partial charge is 0.493 e. The maximum Gasteiger partial charge on any atom is 0.387 e. The second-order valence-corrected chi connectivity index (χ2v) is 5.99. The highest BCUT2D eigenvalue weighted by Gasteiger charge is 2.12. The van der Waals surface area contributed by atoms with Crippen molar-refractivity contribution in [1.82, 2.24) is 4.98 Å². The van der Waals surface area contributed by atoms with Gasteiger partial charge in [-0.25, -0.2) is 4.98 Å². The lowest BCUT2D eigenvalue weighted by molar-refractivity contribution is -0.0512.